The van der Waals surface area contributed by atoms with Crippen molar-refractivity contribution in [2.24, 2.45) is 5.92 Å². The third kappa shape index (κ3) is 3.85. The Labute approximate surface area is 94.9 Å². The van der Waals surface area contributed by atoms with Crippen LogP contribution in [-0.2, 0) is 6.42 Å². The smallest absolute Gasteiger partial charge is 0.133 e. The SMILES string of the molecule is Cc1cc(CC(C)CSC#N)ccc1O. The fraction of sp³-hybridized carbons (Fsp3) is 0.417. The van der Waals surface area contributed by atoms with Gasteiger partial charge in [-0.15, -0.1) is 0 Å². The van der Waals surface area contributed by atoms with E-state index in [0.717, 1.165) is 17.7 Å². The quantitative estimate of drug-likeness (QED) is 0.794. The minimum Gasteiger partial charge on any atom is -0.508 e. The van der Waals surface area contributed by atoms with Crippen LogP contribution in [0.5, 0.6) is 5.75 Å². The van der Waals surface area contributed by atoms with Crippen molar-refractivity contribution in [2.75, 3.05) is 5.75 Å². The summed E-state index contributed by atoms with van der Waals surface area (Å²) in [6.07, 6.45) is 0.954. The largest absolute Gasteiger partial charge is 0.508 e. The number of rotatable bonds is 4. The van der Waals surface area contributed by atoms with Gasteiger partial charge in [-0.2, -0.15) is 5.26 Å². The fourth-order valence-corrected chi connectivity index (χ4v) is 1.96. The maximum atomic E-state index is 9.37. The predicted molar refractivity (Wildman–Crippen MR) is 63.8 cm³/mol. The van der Waals surface area contributed by atoms with Gasteiger partial charge < -0.3 is 5.11 Å². The number of nitrogens with zero attached hydrogens (tertiary/aromatic N) is 1. The third-order valence-electron chi connectivity index (χ3n) is 2.28. The van der Waals surface area contributed by atoms with E-state index in [0.29, 0.717) is 11.7 Å². The van der Waals surface area contributed by atoms with Crippen LogP contribution >= 0.6 is 11.8 Å². The van der Waals surface area contributed by atoms with Crippen molar-refractivity contribution in [1.82, 2.24) is 0 Å². The number of thiocyanates is 1. The Morgan fingerprint density at radius 3 is 2.87 bits per heavy atom. The van der Waals surface area contributed by atoms with Gasteiger partial charge in [-0.3, -0.25) is 0 Å². The van der Waals surface area contributed by atoms with Crippen LogP contribution in [0.15, 0.2) is 18.2 Å². The van der Waals surface area contributed by atoms with E-state index < -0.39 is 0 Å². The summed E-state index contributed by atoms with van der Waals surface area (Å²) >= 11 is 1.30. The molecular weight excluding hydrogens is 206 g/mol. The van der Waals surface area contributed by atoms with Gasteiger partial charge in [0.15, 0.2) is 0 Å². The number of aromatic hydroxyl groups is 1. The van der Waals surface area contributed by atoms with Gasteiger partial charge in [-0.25, -0.2) is 0 Å². The summed E-state index contributed by atoms with van der Waals surface area (Å²) in [6, 6.07) is 5.67. The molecule has 15 heavy (non-hydrogen) atoms. The molecule has 2 nitrogen and oxygen atoms in total. The number of thioether (sulfide) groups is 1. The number of nitriles is 1. The molecule has 0 bridgehead atoms. The minimum atomic E-state index is 0.345. The zero-order valence-corrected chi connectivity index (χ0v) is 9.84. The van der Waals surface area contributed by atoms with Gasteiger partial charge in [-0.1, -0.05) is 19.1 Å². The molecule has 0 aromatic heterocycles. The monoisotopic (exact) mass is 221 g/mol. The average Bonchev–Trinajstić information content (AvgIpc) is 2.20. The van der Waals surface area contributed by atoms with Crippen molar-refractivity contribution < 1.29 is 5.11 Å². The molecule has 0 spiro atoms. The molecule has 1 N–H and O–H groups in total. The van der Waals surface area contributed by atoms with E-state index in [2.05, 4.69) is 12.3 Å². The molecule has 80 valence electrons. The Bertz CT molecular complexity index is 370. The highest BCUT2D eigenvalue weighted by Crippen LogP contribution is 2.20. The molecular formula is C12H15NOS. The first-order valence-corrected chi connectivity index (χ1v) is 5.91. The summed E-state index contributed by atoms with van der Waals surface area (Å²) in [5.74, 6) is 1.69. The summed E-state index contributed by atoms with van der Waals surface area (Å²) in [6.45, 7) is 4.03. The second-order valence-corrected chi connectivity index (χ2v) is 4.64. The van der Waals surface area contributed by atoms with Crippen molar-refractivity contribution in [3.05, 3.63) is 29.3 Å². The molecule has 0 saturated carbocycles. The molecule has 0 amide bonds. The average molecular weight is 221 g/mol. The first-order valence-electron chi connectivity index (χ1n) is 4.93. The van der Waals surface area contributed by atoms with Crippen molar-refractivity contribution in [1.29, 1.82) is 5.26 Å². The molecule has 1 unspecified atom stereocenters. The highest BCUT2D eigenvalue weighted by Gasteiger charge is 2.05. The lowest BCUT2D eigenvalue weighted by Gasteiger charge is -2.09. The van der Waals surface area contributed by atoms with E-state index in [1.807, 2.05) is 19.1 Å². The van der Waals surface area contributed by atoms with Gasteiger partial charge in [0.2, 0.25) is 0 Å². The molecule has 0 radical (unpaired) electrons. The van der Waals surface area contributed by atoms with Crippen LogP contribution in [0.1, 0.15) is 18.1 Å². The van der Waals surface area contributed by atoms with Gasteiger partial charge in [0.05, 0.1) is 0 Å². The van der Waals surface area contributed by atoms with Crippen molar-refractivity contribution in [3.63, 3.8) is 0 Å². The maximum absolute atomic E-state index is 9.37. The van der Waals surface area contributed by atoms with Gasteiger partial charge in [0.1, 0.15) is 11.2 Å². The van der Waals surface area contributed by atoms with Crippen LogP contribution in [0.2, 0.25) is 0 Å². The Hall–Kier alpha value is -1.14. The topological polar surface area (TPSA) is 44.0 Å². The summed E-state index contributed by atoms with van der Waals surface area (Å²) in [7, 11) is 0. The molecule has 0 aliphatic heterocycles. The van der Waals surface area contributed by atoms with Crippen LogP contribution in [0.25, 0.3) is 0 Å². The summed E-state index contributed by atoms with van der Waals surface area (Å²) < 4.78 is 0. The summed E-state index contributed by atoms with van der Waals surface area (Å²) in [5.41, 5.74) is 2.13. The highest BCUT2D eigenvalue weighted by atomic mass is 32.2. The second kappa shape index (κ2) is 5.67. The standard InChI is InChI=1S/C12H15NOS/c1-9(7-15-8-13)5-11-3-4-12(14)10(2)6-11/h3-4,6,9,14H,5,7H2,1-2H3. The zero-order valence-electron chi connectivity index (χ0n) is 9.03. The Balaban J connectivity index is 2.57. The van der Waals surface area contributed by atoms with E-state index in [9.17, 15) is 5.11 Å². The minimum absolute atomic E-state index is 0.345. The maximum Gasteiger partial charge on any atom is 0.133 e. The lowest BCUT2D eigenvalue weighted by atomic mass is 10.0. The molecule has 0 heterocycles. The molecule has 3 heteroatoms. The number of phenolic OH excluding ortho intramolecular Hbond substituents is 1. The summed E-state index contributed by atoms with van der Waals surface area (Å²) in [4.78, 5) is 0. The molecule has 1 atom stereocenters. The predicted octanol–water partition coefficient (Wildman–Crippen LogP) is 3.09. The third-order valence-corrected chi connectivity index (χ3v) is 3.14. The number of hydrogen-bond donors (Lipinski definition) is 1. The second-order valence-electron chi connectivity index (χ2n) is 3.83. The van der Waals surface area contributed by atoms with Crippen LogP contribution in [0, 0.1) is 23.5 Å². The first-order chi connectivity index (χ1) is 7.13. The van der Waals surface area contributed by atoms with E-state index in [-0.39, 0.29) is 0 Å². The Morgan fingerprint density at radius 1 is 1.53 bits per heavy atom. The highest BCUT2D eigenvalue weighted by molar-refractivity contribution is 8.03. The normalized spacial score (nSPS) is 12.1. The van der Waals surface area contributed by atoms with Crippen LogP contribution < -0.4 is 0 Å². The van der Waals surface area contributed by atoms with Crippen molar-refractivity contribution >= 4 is 11.8 Å². The van der Waals surface area contributed by atoms with Gasteiger partial charge >= 0.3 is 0 Å². The number of aryl methyl sites for hydroxylation is 1. The van der Waals surface area contributed by atoms with Crippen molar-refractivity contribution in [2.45, 2.75) is 20.3 Å². The van der Waals surface area contributed by atoms with Crippen molar-refractivity contribution in [3.8, 4) is 11.2 Å². The first kappa shape index (κ1) is 11.9. The van der Waals surface area contributed by atoms with E-state index in [1.54, 1.807) is 6.07 Å². The lowest BCUT2D eigenvalue weighted by Crippen LogP contribution is -2.02. The van der Waals surface area contributed by atoms with E-state index >= 15 is 0 Å². The Kier molecular flexibility index (Phi) is 4.51. The fourth-order valence-electron chi connectivity index (χ4n) is 1.49. The lowest BCUT2D eigenvalue weighted by molar-refractivity contribution is 0.470. The van der Waals surface area contributed by atoms with Crippen LogP contribution in [-0.4, -0.2) is 10.9 Å². The molecule has 1 aromatic carbocycles. The van der Waals surface area contributed by atoms with E-state index in [1.165, 1.54) is 17.3 Å². The van der Waals surface area contributed by atoms with E-state index in [4.69, 9.17) is 5.26 Å². The number of phenols is 1. The van der Waals surface area contributed by atoms with Crippen LogP contribution in [0.4, 0.5) is 0 Å². The van der Waals surface area contributed by atoms with Crippen LogP contribution in [0.3, 0.4) is 0 Å². The van der Waals surface area contributed by atoms with Gasteiger partial charge in [0.25, 0.3) is 0 Å². The molecule has 0 aliphatic rings. The molecule has 0 saturated heterocycles. The zero-order chi connectivity index (χ0) is 11.3. The van der Waals surface area contributed by atoms with Gasteiger partial charge in [0, 0.05) is 5.75 Å². The number of benzene rings is 1. The molecule has 0 fully saturated rings. The molecule has 0 aliphatic carbocycles. The Morgan fingerprint density at radius 2 is 2.27 bits per heavy atom. The summed E-state index contributed by atoms with van der Waals surface area (Å²) in [5, 5.41) is 19.9. The number of hydrogen-bond acceptors (Lipinski definition) is 3. The van der Waals surface area contributed by atoms with Gasteiger partial charge in [-0.05, 0) is 48.2 Å². The molecule has 1 rings (SSSR count). The molecule has 1 aromatic rings.